The first-order valence-corrected chi connectivity index (χ1v) is 6.62. The van der Waals surface area contributed by atoms with Gasteiger partial charge in [0.05, 0.1) is 6.04 Å². The summed E-state index contributed by atoms with van der Waals surface area (Å²) in [5.74, 6) is -1.53. The number of carbonyl (C=O) groups is 2. The minimum absolute atomic E-state index is 0.367. The van der Waals surface area contributed by atoms with Crippen LogP contribution < -0.4 is 5.32 Å². The summed E-state index contributed by atoms with van der Waals surface area (Å²) in [7, 11) is 0. The molecule has 1 amide bonds. The van der Waals surface area contributed by atoms with Crippen LogP contribution in [0, 0.1) is 5.41 Å². The standard InChI is InChI=1S/C13H13Cl2NO3/c1-7(9-3-2-8(14)6-10(9)15)16-11(17)13(4-5-13)12(18)19/h2-3,6-7H,4-5H2,1H3,(H,16,17)(H,18,19)/t7-/m1/s1. The highest BCUT2D eigenvalue weighted by Crippen LogP contribution is 2.46. The van der Waals surface area contributed by atoms with Crippen LogP contribution in [-0.4, -0.2) is 17.0 Å². The van der Waals surface area contributed by atoms with Gasteiger partial charge >= 0.3 is 5.97 Å². The van der Waals surface area contributed by atoms with Crippen LogP contribution in [0.15, 0.2) is 18.2 Å². The Balaban J connectivity index is 2.11. The number of carbonyl (C=O) groups excluding carboxylic acids is 1. The Morgan fingerprint density at radius 1 is 1.37 bits per heavy atom. The molecule has 6 heteroatoms. The van der Waals surface area contributed by atoms with Crippen molar-refractivity contribution in [3.63, 3.8) is 0 Å². The molecule has 19 heavy (non-hydrogen) atoms. The zero-order valence-electron chi connectivity index (χ0n) is 10.2. The molecule has 1 atom stereocenters. The average Bonchev–Trinajstić information content (AvgIpc) is 3.09. The number of hydrogen-bond donors (Lipinski definition) is 2. The monoisotopic (exact) mass is 301 g/mol. The Bertz CT molecular complexity index is 541. The number of aliphatic carboxylic acids is 1. The lowest BCUT2D eigenvalue weighted by atomic mass is 10.0. The van der Waals surface area contributed by atoms with Crippen molar-refractivity contribution in [1.82, 2.24) is 5.32 Å². The van der Waals surface area contributed by atoms with Crippen molar-refractivity contribution in [2.24, 2.45) is 5.41 Å². The number of nitrogens with one attached hydrogen (secondary N) is 1. The van der Waals surface area contributed by atoms with Crippen molar-refractivity contribution in [3.05, 3.63) is 33.8 Å². The molecule has 1 aliphatic rings. The SMILES string of the molecule is C[C@@H](NC(=O)C1(C(=O)O)CC1)c1ccc(Cl)cc1Cl. The lowest BCUT2D eigenvalue weighted by molar-refractivity contribution is -0.149. The maximum atomic E-state index is 12.0. The quantitative estimate of drug-likeness (QED) is 0.840. The van der Waals surface area contributed by atoms with Gasteiger partial charge in [-0.3, -0.25) is 9.59 Å². The van der Waals surface area contributed by atoms with Crippen LogP contribution in [0.5, 0.6) is 0 Å². The minimum atomic E-state index is -1.24. The number of hydrogen-bond acceptors (Lipinski definition) is 2. The number of carboxylic acids is 1. The van der Waals surface area contributed by atoms with Crippen LogP contribution in [0.1, 0.15) is 31.4 Å². The summed E-state index contributed by atoms with van der Waals surface area (Å²) in [5, 5.41) is 12.7. The second-order valence-electron chi connectivity index (χ2n) is 4.75. The van der Waals surface area contributed by atoms with Crippen LogP contribution in [-0.2, 0) is 9.59 Å². The first kappa shape index (κ1) is 14.2. The minimum Gasteiger partial charge on any atom is -0.480 e. The molecule has 1 aromatic carbocycles. The van der Waals surface area contributed by atoms with Gasteiger partial charge in [-0.25, -0.2) is 0 Å². The van der Waals surface area contributed by atoms with Crippen molar-refractivity contribution in [2.75, 3.05) is 0 Å². The highest BCUT2D eigenvalue weighted by Gasteiger charge is 2.57. The predicted molar refractivity (Wildman–Crippen MR) is 72.3 cm³/mol. The predicted octanol–water partition coefficient (Wildman–Crippen LogP) is 3.04. The van der Waals surface area contributed by atoms with Gasteiger partial charge in [0.1, 0.15) is 5.41 Å². The Kier molecular flexibility index (Phi) is 3.74. The molecule has 0 heterocycles. The van der Waals surface area contributed by atoms with Gasteiger partial charge in [-0.15, -0.1) is 0 Å². The molecule has 1 aliphatic carbocycles. The summed E-state index contributed by atoms with van der Waals surface area (Å²) in [6.45, 7) is 1.75. The molecule has 1 aromatic rings. The van der Waals surface area contributed by atoms with E-state index in [1.807, 2.05) is 0 Å². The van der Waals surface area contributed by atoms with Crippen molar-refractivity contribution >= 4 is 35.1 Å². The maximum Gasteiger partial charge on any atom is 0.319 e. The molecule has 0 unspecified atom stereocenters. The fourth-order valence-corrected chi connectivity index (χ4v) is 2.50. The Morgan fingerprint density at radius 3 is 2.47 bits per heavy atom. The highest BCUT2D eigenvalue weighted by molar-refractivity contribution is 6.35. The second kappa shape index (κ2) is 5.02. The van der Waals surface area contributed by atoms with Crippen LogP contribution in [0.3, 0.4) is 0 Å². The zero-order valence-corrected chi connectivity index (χ0v) is 11.8. The summed E-state index contributed by atoms with van der Waals surface area (Å²) in [6, 6.07) is 4.62. The normalized spacial score (nSPS) is 17.6. The topological polar surface area (TPSA) is 66.4 Å². The van der Waals surface area contributed by atoms with Crippen LogP contribution in [0.4, 0.5) is 0 Å². The van der Waals surface area contributed by atoms with E-state index in [0.717, 1.165) is 0 Å². The smallest absolute Gasteiger partial charge is 0.319 e. The fraction of sp³-hybridized carbons (Fsp3) is 0.385. The van der Waals surface area contributed by atoms with Crippen LogP contribution in [0.25, 0.3) is 0 Å². The van der Waals surface area contributed by atoms with Crippen LogP contribution in [0.2, 0.25) is 10.0 Å². The Morgan fingerprint density at radius 2 is 2.00 bits per heavy atom. The van der Waals surface area contributed by atoms with E-state index in [4.69, 9.17) is 28.3 Å². The third-order valence-corrected chi connectivity index (χ3v) is 3.93. The number of rotatable bonds is 4. The largest absolute Gasteiger partial charge is 0.480 e. The lowest BCUT2D eigenvalue weighted by Gasteiger charge is -2.18. The number of halogens is 2. The summed E-state index contributed by atoms with van der Waals surface area (Å²) in [6.07, 6.45) is 0.768. The van der Waals surface area contributed by atoms with E-state index in [1.165, 1.54) is 0 Å². The zero-order chi connectivity index (χ0) is 14.2. The van der Waals surface area contributed by atoms with E-state index in [2.05, 4.69) is 5.32 Å². The molecular formula is C13H13Cl2NO3. The van der Waals surface area contributed by atoms with Gasteiger partial charge in [-0.05, 0) is 37.5 Å². The maximum absolute atomic E-state index is 12.0. The second-order valence-corrected chi connectivity index (χ2v) is 5.59. The molecular weight excluding hydrogens is 289 g/mol. The molecule has 0 aromatic heterocycles. The van der Waals surface area contributed by atoms with E-state index in [0.29, 0.717) is 28.5 Å². The Hall–Kier alpha value is -1.26. The van der Waals surface area contributed by atoms with Crippen molar-refractivity contribution < 1.29 is 14.7 Å². The van der Waals surface area contributed by atoms with Gasteiger partial charge in [0.15, 0.2) is 0 Å². The molecule has 1 fully saturated rings. The average molecular weight is 302 g/mol. The summed E-state index contributed by atoms with van der Waals surface area (Å²) < 4.78 is 0. The molecule has 0 spiro atoms. The molecule has 0 radical (unpaired) electrons. The van der Waals surface area contributed by atoms with E-state index in [-0.39, 0.29) is 6.04 Å². The van der Waals surface area contributed by atoms with Crippen molar-refractivity contribution in [3.8, 4) is 0 Å². The third-order valence-electron chi connectivity index (χ3n) is 3.37. The molecule has 2 N–H and O–H groups in total. The van der Waals surface area contributed by atoms with Gasteiger partial charge in [0, 0.05) is 10.0 Å². The molecule has 4 nitrogen and oxygen atoms in total. The van der Waals surface area contributed by atoms with Gasteiger partial charge < -0.3 is 10.4 Å². The molecule has 102 valence electrons. The van der Waals surface area contributed by atoms with Gasteiger partial charge in [-0.1, -0.05) is 29.3 Å². The number of carboxylic acid groups (broad SMARTS) is 1. The molecule has 0 aliphatic heterocycles. The molecule has 1 saturated carbocycles. The van der Waals surface area contributed by atoms with Crippen molar-refractivity contribution in [1.29, 1.82) is 0 Å². The van der Waals surface area contributed by atoms with E-state index < -0.39 is 17.3 Å². The lowest BCUT2D eigenvalue weighted by Crippen LogP contribution is -2.38. The van der Waals surface area contributed by atoms with E-state index >= 15 is 0 Å². The molecule has 0 saturated heterocycles. The van der Waals surface area contributed by atoms with E-state index in [1.54, 1.807) is 25.1 Å². The summed E-state index contributed by atoms with van der Waals surface area (Å²) >= 11 is 11.9. The van der Waals surface area contributed by atoms with Gasteiger partial charge in [0.25, 0.3) is 0 Å². The van der Waals surface area contributed by atoms with Crippen LogP contribution >= 0.6 is 23.2 Å². The fourth-order valence-electron chi connectivity index (χ4n) is 1.93. The Labute approximate surface area is 120 Å². The van der Waals surface area contributed by atoms with Gasteiger partial charge in [-0.2, -0.15) is 0 Å². The van der Waals surface area contributed by atoms with Crippen molar-refractivity contribution in [2.45, 2.75) is 25.8 Å². The third kappa shape index (κ3) is 2.69. The molecule has 0 bridgehead atoms. The number of amides is 1. The van der Waals surface area contributed by atoms with Gasteiger partial charge in [0.2, 0.25) is 5.91 Å². The molecule has 2 rings (SSSR count). The first-order valence-electron chi connectivity index (χ1n) is 5.86. The first-order chi connectivity index (χ1) is 8.86. The summed E-state index contributed by atoms with van der Waals surface area (Å²) in [5.41, 5.74) is -0.534. The summed E-state index contributed by atoms with van der Waals surface area (Å²) in [4.78, 5) is 23.0. The van der Waals surface area contributed by atoms with E-state index in [9.17, 15) is 9.59 Å². The number of benzene rings is 1. The highest BCUT2D eigenvalue weighted by atomic mass is 35.5.